The maximum absolute atomic E-state index is 13.3. The van der Waals surface area contributed by atoms with Gasteiger partial charge in [0.05, 0.1) is 23.8 Å². The van der Waals surface area contributed by atoms with Crippen LogP contribution in [0.2, 0.25) is 0 Å². The minimum absolute atomic E-state index is 0.0573. The molecule has 4 N–H and O–H groups in total. The predicted octanol–water partition coefficient (Wildman–Crippen LogP) is 1.13. The number of hydrogen-bond acceptors (Lipinski definition) is 7. The minimum atomic E-state index is -0.589. The number of benzene rings is 2. The Labute approximate surface area is 200 Å². The number of aromatic hydroxyl groups is 2. The van der Waals surface area contributed by atoms with Crippen molar-refractivity contribution in [3.8, 4) is 17.2 Å². The summed E-state index contributed by atoms with van der Waals surface area (Å²) in [6.07, 6.45) is 0.774. The Bertz CT molecular complexity index is 1290. The van der Waals surface area contributed by atoms with Gasteiger partial charge in [0.2, 0.25) is 11.7 Å². The number of carbonyl (C=O) groups is 4. The fourth-order valence-corrected chi connectivity index (χ4v) is 5.21. The third-order valence-corrected chi connectivity index (χ3v) is 7.02. The Kier molecular flexibility index (Phi) is 5.58. The van der Waals surface area contributed by atoms with Gasteiger partial charge in [-0.2, -0.15) is 0 Å². The van der Waals surface area contributed by atoms with Gasteiger partial charge in [-0.1, -0.05) is 12.1 Å². The van der Waals surface area contributed by atoms with Crippen molar-refractivity contribution in [2.45, 2.75) is 19.3 Å². The lowest BCUT2D eigenvalue weighted by Crippen LogP contribution is -2.40. The number of methoxy groups -OCH3 is 1. The number of nitrogens with zero attached hydrogens (tertiary/aromatic N) is 1. The zero-order chi connectivity index (χ0) is 24.9. The van der Waals surface area contributed by atoms with Crippen molar-refractivity contribution >= 4 is 23.5 Å². The van der Waals surface area contributed by atoms with Crippen LogP contribution >= 0.6 is 0 Å². The first kappa shape index (κ1) is 22.7. The number of ketones is 2. The summed E-state index contributed by atoms with van der Waals surface area (Å²) in [4.78, 5) is 52.6. The average molecular weight is 479 g/mol. The molecule has 0 bridgehead atoms. The van der Waals surface area contributed by atoms with Crippen molar-refractivity contribution in [1.29, 1.82) is 0 Å². The van der Waals surface area contributed by atoms with Crippen molar-refractivity contribution in [3.05, 3.63) is 51.6 Å². The predicted molar refractivity (Wildman–Crippen MR) is 123 cm³/mol. The molecule has 182 valence electrons. The number of hydrogen-bond donors (Lipinski definition) is 4. The standard InChI is InChI=1S/C25H25N3O7/c1-35-16-4-2-3-14-17(16)23(32)19-18(21(14)30)22(31)15-11-12(5-6-13(15)20(19)29)24(33)26-7-9-28-10-8-27-25(28)34/h2-4,12,29,31H,5-11H2,1H3,(H,26,33)(H,27,34). The number of nitrogens with one attached hydrogen (secondary N) is 2. The summed E-state index contributed by atoms with van der Waals surface area (Å²) in [7, 11) is 1.39. The molecule has 3 aliphatic rings. The highest BCUT2D eigenvalue weighted by molar-refractivity contribution is 6.31. The van der Waals surface area contributed by atoms with Crippen LogP contribution in [0.25, 0.3) is 0 Å². The van der Waals surface area contributed by atoms with Gasteiger partial charge in [0.25, 0.3) is 0 Å². The smallest absolute Gasteiger partial charge is 0.317 e. The van der Waals surface area contributed by atoms with E-state index in [2.05, 4.69) is 10.6 Å². The molecule has 0 radical (unpaired) electrons. The Balaban J connectivity index is 1.42. The summed E-state index contributed by atoms with van der Waals surface area (Å²) < 4.78 is 5.25. The number of rotatable bonds is 5. The highest BCUT2D eigenvalue weighted by Gasteiger charge is 2.41. The van der Waals surface area contributed by atoms with Gasteiger partial charge in [-0.25, -0.2) is 4.79 Å². The molecular formula is C25H25N3O7. The minimum Gasteiger partial charge on any atom is -0.507 e. The normalized spacial score (nSPS) is 18.5. The van der Waals surface area contributed by atoms with E-state index >= 15 is 0 Å². The van der Waals surface area contributed by atoms with Gasteiger partial charge in [-0.3, -0.25) is 14.4 Å². The zero-order valence-electron chi connectivity index (χ0n) is 19.1. The van der Waals surface area contributed by atoms with E-state index in [1.807, 2.05) is 0 Å². The van der Waals surface area contributed by atoms with Gasteiger partial charge >= 0.3 is 6.03 Å². The zero-order valence-corrected chi connectivity index (χ0v) is 19.1. The Morgan fingerprint density at radius 3 is 2.57 bits per heavy atom. The summed E-state index contributed by atoms with van der Waals surface area (Å²) in [6.45, 7) is 1.85. The monoisotopic (exact) mass is 479 g/mol. The Morgan fingerprint density at radius 2 is 1.86 bits per heavy atom. The first-order chi connectivity index (χ1) is 16.8. The molecule has 10 heteroatoms. The number of fused-ring (bicyclic) bond motifs is 3. The van der Waals surface area contributed by atoms with E-state index in [4.69, 9.17) is 4.74 Å². The van der Waals surface area contributed by atoms with Crippen molar-refractivity contribution < 1.29 is 34.1 Å². The third-order valence-electron chi connectivity index (χ3n) is 7.02. The highest BCUT2D eigenvalue weighted by Crippen LogP contribution is 2.47. The van der Waals surface area contributed by atoms with Crippen LogP contribution in [0.15, 0.2) is 18.2 Å². The molecule has 1 atom stereocenters. The molecule has 2 aromatic carbocycles. The molecule has 0 aromatic heterocycles. The second-order valence-electron chi connectivity index (χ2n) is 8.90. The first-order valence-corrected chi connectivity index (χ1v) is 11.5. The van der Waals surface area contributed by atoms with Gasteiger partial charge < -0.3 is 30.5 Å². The molecule has 10 nitrogen and oxygen atoms in total. The maximum Gasteiger partial charge on any atom is 0.317 e. The number of ether oxygens (including phenoxy) is 1. The molecule has 0 spiro atoms. The highest BCUT2D eigenvalue weighted by atomic mass is 16.5. The van der Waals surface area contributed by atoms with Crippen LogP contribution in [0.4, 0.5) is 4.79 Å². The fraction of sp³-hybridized carbons (Fsp3) is 0.360. The van der Waals surface area contributed by atoms with E-state index in [9.17, 15) is 29.4 Å². The number of amides is 3. The van der Waals surface area contributed by atoms with Gasteiger partial charge in [-0.15, -0.1) is 0 Å². The molecular weight excluding hydrogens is 454 g/mol. The van der Waals surface area contributed by atoms with Crippen LogP contribution in [0.1, 0.15) is 49.4 Å². The summed E-state index contributed by atoms with van der Waals surface area (Å²) >= 11 is 0. The van der Waals surface area contributed by atoms with E-state index in [0.717, 1.165) is 0 Å². The van der Waals surface area contributed by atoms with E-state index in [0.29, 0.717) is 43.7 Å². The molecule has 1 heterocycles. The van der Waals surface area contributed by atoms with Crippen LogP contribution in [-0.4, -0.2) is 71.9 Å². The molecule has 35 heavy (non-hydrogen) atoms. The SMILES string of the molecule is COc1cccc2c1C(=O)c1c(O)c3c(c(O)c1C2=O)CC(C(=O)NCCN1CCNC1=O)CC3. The van der Waals surface area contributed by atoms with Crippen molar-refractivity contribution in [1.82, 2.24) is 15.5 Å². The van der Waals surface area contributed by atoms with E-state index in [1.54, 1.807) is 17.0 Å². The molecule has 1 saturated heterocycles. The lowest BCUT2D eigenvalue weighted by atomic mass is 9.75. The maximum atomic E-state index is 13.3. The van der Waals surface area contributed by atoms with Crippen molar-refractivity contribution in [3.63, 3.8) is 0 Å². The molecule has 3 amide bonds. The molecule has 1 aliphatic heterocycles. The van der Waals surface area contributed by atoms with Crippen molar-refractivity contribution in [2.75, 3.05) is 33.3 Å². The summed E-state index contributed by atoms with van der Waals surface area (Å²) in [5.41, 5.74) is 0.357. The van der Waals surface area contributed by atoms with E-state index < -0.39 is 17.5 Å². The number of phenolic OH excluding ortho intramolecular Hbond substituents is 2. The van der Waals surface area contributed by atoms with Crippen molar-refractivity contribution in [2.24, 2.45) is 5.92 Å². The molecule has 0 saturated carbocycles. The molecule has 5 rings (SSSR count). The largest absolute Gasteiger partial charge is 0.507 e. The van der Waals surface area contributed by atoms with Crippen LogP contribution in [0.3, 0.4) is 0 Å². The van der Waals surface area contributed by atoms with Crippen LogP contribution < -0.4 is 15.4 Å². The number of phenols is 2. The lowest BCUT2D eigenvalue weighted by molar-refractivity contribution is -0.125. The van der Waals surface area contributed by atoms with E-state index in [-0.39, 0.29) is 64.3 Å². The van der Waals surface area contributed by atoms with Crippen LogP contribution in [0.5, 0.6) is 17.2 Å². The quantitative estimate of drug-likeness (QED) is 0.401. The lowest BCUT2D eigenvalue weighted by Gasteiger charge is -2.29. The fourth-order valence-electron chi connectivity index (χ4n) is 5.21. The van der Waals surface area contributed by atoms with Gasteiger partial charge in [0.15, 0.2) is 5.78 Å². The van der Waals surface area contributed by atoms with Crippen LogP contribution in [-0.2, 0) is 17.6 Å². The summed E-state index contributed by atoms with van der Waals surface area (Å²) in [6, 6.07) is 4.46. The Hall–Kier alpha value is -4.08. The second kappa shape index (κ2) is 8.61. The third kappa shape index (κ3) is 3.56. The topological polar surface area (TPSA) is 145 Å². The first-order valence-electron chi connectivity index (χ1n) is 11.5. The Morgan fingerprint density at radius 1 is 1.11 bits per heavy atom. The molecule has 1 unspecified atom stereocenters. The molecule has 2 aromatic rings. The average Bonchev–Trinajstić information content (AvgIpc) is 3.28. The van der Waals surface area contributed by atoms with Crippen LogP contribution in [0, 0.1) is 5.92 Å². The number of carbonyl (C=O) groups excluding carboxylic acids is 4. The van der Waals surface area contributed by atoms with E-state index in [1.165, 1.54) is 13.2 Å². The van der Waals surface area contributed by atoms with Gasteiger partial charge in [0, 0.05) is 48.8 Å². The van der Waals surface area contributed by atoms with Gasteiger partial charge in [-0.05, 0) is 25.3 Å². The molecule has 1 fully saturated rings. The molecule has 2 aliphatic carbocycles. The summed E-state index contributed by atoms with van der Waals surface area (Å²) in [5.74, 6) is -2.38. The number of urea groups is 1. The second-order valence-corrected chi connectivity index (χ2v) is 8.90. The van der Waals surface area contributed by atoms with Gasteiger partial charge in [0.1, 0.15) is 17.2 Å². The summed E-state index contributed by atoms with van der Waals surface area (Å²) in [5, 5.41) is 27.7.